The van der Waals surface area contributed by atoms with Gasteiger partial charge in [0.2, 0.25) is 0 Å². The summed E-state index contributed by atoms with van der Waals surface area (Å²) in [5, 5.41) is 11.6. The van der Waals surface area contributed by atoms with Crippen LogP contribution in [-0.2, 0) is 0 Å². The number of β-amino-alcohol motifs (C(OH)–C–C–N with tert-alkyl or cyclic N) is 1. The molecule has 0 aliphatic carbocycles. The molecule has 0 bridgehead atoms. The van der Waals surface area contributed by atoms with Crippen molar-refractivity contribution >= 4 is 0 Å². The number of hydrogen-bond donors (Lipinski definition) is 2. The van der Waals surface area contributed by atoms with Crippen LogP contribution in [-0.4, -0.2) is 30.5 Å². The minimum Gasteiger partial charge on any atom is -0.389 e. The van der Waals surface area contributed by atoms with Crippen molar-refractivity contribution in [2.45, 2.75) is 18.7 Å². The van der Waals surface area contributed by atoms with Gasteiger partial charge in [-0.05, 0) is 13.0 Å². The smallest absolute Gasteiger partial charge is 0.128 e. The first-order chi connectivity index (χ1) is 3.80. The summed E-state index contributed by atoms with van der Waals surface area (Å²) in [6.07, 6.45) is -1.33. The van der Waals surface area contributed by atoms with Gasteiger partial charge in [0.05, 0.1) is 6.10 Å². The van der Waals surface area contributed by atoms with E-state index in [0.29, 0.717) is 19.5 Å². The zero-order valence-electron chi connectivity index (χ0n) is 4.60. The lowest BCUT2D eigenvalue weighted by Gasteiger charge is -2.21. The highest BCUT2D eigenvalue weighted by atomic mass is 19.1. The minimum absolute atomic E-state index is 0.404. The van der Waals surface area contributed by atoms with E-state index in [9.17, 15) is 4.39 Å². The van der Waals surface area contributed by atoms with Crippen molar-refractivity contribution in [2.24, 2.45) is 0 Å². The van der Waals surface area contributed by atoms with Gasteiger partial charge in [0.25, 0.3) is 0 Å². The van der Waals surface area contributed by atoms with Crippen LogP contribution in [0.5, 0.6) is 0 Å². The van der Waals surface area contributed by atoms with E-state index in [2.05, 4.69) is 5.32 Å². The van der Waals surface area contributed by atoms with Crippen LogP contribution in [0.15, 0.2) is 0 Å². The molecule has 1 aliphatic rings. The molecule has 3 heteroatoms. The molecule has 1 saturated heterocycles. The number of alkyl halides is 1. The summed E-state index contributed by atoms with van der Waals surface area (Å²) in [6.45, 7) is 1.10. The van der Waals surface area contributed by atoms with Crippen LogP contribution in [0.25, 0.3) is 0 Å². The molecule has 2 nitrogen and oxygen atoms in total. The van der Waals surface area contributed by atoms with Crippen LogP contribution >= 0.6 is 0 Å². The Morgan fingerprint density at radius 3 is 2.75 bits per heavy atom. The molecule has 2 N–H and O–H groups in total. The largest absolute Gasteiger partial charge is 0.389 e. The van der Waals surface area contributed by atoms with Crippen LogP contribution in [0.4, 0.5) is 4.39 Å². The van der Waals surface area contributed by atoms with Crippen LogP contribution in [0.2, 0.25) is 0 Å². The lowest BCUT2D eigenvalue weighted by molar-refractivity contribution is 0.0549. The number of nitrogens with one attached hydrogen (secondary N) is 1. The second kappa shape index (κ2) is 2.42. The van der Waals surface area contributed by atoms with Gasteiger partial charge in [0, 0.05) is 6.54 Å². The summed E-state index contributed by atoms with van der Waals surface area (Å²) >= 11 is 0. The third-order valence-corrected chi connectivity index (χ3v) is 1.37. The van der Waals surface area contributed by atoms with Crippen molar-refractivity contribution < 1.29 is 9.50 Å². The van der Waals surface area contributed by atoms with Gasteiger partial charge in [-0.2, -0.15) is 0 Å². The van der Waals surface area contributed by atoms with E-state index in [1.54, 1.807) is 0 Å². The second-order valence-electron chi connectivity index (χ2n) is 2.08. The SMILES string of the molecule is OC1CNCCC1F. The van der Waals surface area contributed by atoms with Gasteiger partial charge < -0.3 is 10.4 Å². The van der Waals surface area contributed by atoms with Crippen molar-refractivity contribution in [1.29, 1.82) is 0 Å². The highest BCUT2D eigenvalue weighted by molar-refractivity contribution is 4.75. The zero-order valence-corrected chi connectivity index (χ0v) is 4.60. The highest BCUT2D eigenvalue weighted by Crippen LogP contribution is 2.06. The lowest BCUT2D eigenvalue weighted by atomic mass is 10.1. The minimum atomic E-state index is -1.00. The van der Waals surface area contributed by atoms with Gasteiger partial charge in [0.15, 0.2) is 0 Å². The summed E-state index contributed by atoms with van der Waals surface area (Å²) in [7, 11) is 0. The van der Waals surface area contributed by atoms with Crippen molar-refractivity contribution in [3.8, 4) is 0 Å². The zero-order chi connectivity index (χ0) is 5.98. The topological polar surface area (TPSA) is 32.3 Å². The number of piperidine rings is 1. The Labute approximate surface area is 47.7 Å². The summed E-state index contributed by atoms with van der Waals surface area (Å²) in [4.78, 5) is 0. The predicted molar refractivity (Wildman–Crippen MR) is 28.4 cm³/mol. The molecular weight excluding hydrogens is 109 g/mol. The summed E-state index contributed by atoms with van der Waals surface area (Å²) in [5.74, 6) is 0. The average molecular weight is 119 g/mol. The van der Waals surface area contributed by atoms with Gasteiger partial charge in [0.1, 0.15) is 6.17 Å². The van der Waals surface area contributed by atoms with E-state index in [1.165, 1.54) is 0 Å². The van der Waals surface area contributed by atoms with E-state index in [4.69, 9.17) is 5.11 Å². The standard InChI is InChI=1S/C5H10FNO/c6-4-1-2-7-3-5(4)8/h4-5,7-8H,1-3H2. The second-order valence-corrected chi connectivity index (χ2v) is 2.08. The Kier molecular flexibility index (Phi) is 1.81. The molecule has 0 aromatic rings. The molecule has 1 fully saturated rings. The molecule has 0 saturated carbocycles. The summed E-state index contributed by atoms with van der Waals surface area (Å²) in [5.41, 5.74) is 0. The number of hydrogen-bond acceptors (Lipinski definition) is 2. The first kappa shape index (κ1) is 5.98. The van der Waals surface area contributed by atoms with Crippen LogP contribution in [0.3, 0.4) is 0 Å². The fraction of sp³-hybridized carbons (Fsp3) is 1.00. The molecule has 0 aromatic heterocycles. The van der Waals surface area contributed by atoms with Gasteiger partial charge >= 0.3 is 0 Å². The molecule has 0 spiro atoms. The number of aliphatic hydroxyl groups is 1. The maximum absolute atomic E-state index is 12.3. The molecule has 0 amide bonds. The molecule has 1 rings (SSSR count). The van der Waals surface area contributed by atoms with E-state index >= 15 is 0 Å². The summed E-state index contributed by atoms with van der Waals surface area (Å²) < 4.78 is 12.3. The van der Waals surface area contributed by atoms with Crippen molar-refractivity contribution in [1.82, 2.24) is 5.32 Å². The lowest BCUT2D eigenvalue weighted by Crippen LogP contribution is -2.41. The Balaban J connectivity index is 2.28. The van der Waals surface area contributed by atoms with Crippen molar-refractivity contribution in [3.05, 3.63) is 0 Å². The highest BCUT2D eigenvalue weighted by Gasteiger charge is 2.20. The molecule has 2 atom stereocenters. The van der Waals surface area contributed by atoms with E-state index in [-0.39, 0.29) is 0 Å². The molecule has 8 heavy (non-hydrogen) atoms. The van der Waals surface area contributed by atoms with Gasteiger partial charge in [-0.15, -0.1) is 0 Å². The number of aliphatic hydroxyl groups excluding tert-OH is 1. The Hall–Kier alpha value is -0.150. The van der Waals surface area contributed by atoms with Crippen molar-refractivity contribution in [3.63, 3.8) is 0 Å². The normalized spacial score (nSPS) is 39.8. The molecular formula is C5H10FNO. The third-order valence-electron chi connectivity index (χ3n) is 1.37. The first-order valence-corrected chi connectivity index (χ1v) is 2.83. The Morgan fingerprint density at radius 1 is 1.62 bits per heavy atom. The molecule has 1 aliphatic heterocycles. The molecule has 0 radical (unpaired) electrons. The van der Waals surface area contributed by atoms with Crippen LogP contribution in [0.1, 0.15) is 6.42 Å². The number of halogens is 1. The maximum atomic E-state index is 12.3. The monoisotopic (exact) mass is 119 g/mol. The fourth-order valence-electron chi connectivity index (χ4n) is 0.810. The quantitative estimate of drug-likeness (QED) is 0.458. The summed E-state index contributed by atoms with van der Waals surface area (Å²) in [6, 6.07) is 0. The van der Waals surface area contributed by atoms with E-state index < -0.39 is 12.3 Å². The molecule has 2 unspecified atom stereocenters. The number of rotatable bonds is 0. The Bertz CT molecular complexity index is 68.8. The van der Waals surface area contributed by atoms with E-state index in [1.807, 2.05) is 0 Å². The van der Waals surface area contributed by atoms with Crippen LogP contribution in [0, 0.1) is 0 Å². The third kappa shape index (κ3) is 1.17. The molecule has 0 aromatic carbocycles. The Morgan fingerprint density at radius 2 is 2.38 bits per heavy atom. The molecule has 1 heterocycles. The van der Waals surface area contributed by atoms with Gasteiger partial charge in [-0.25, -0.2) is 4.39 Å². The maximum Gasteiger partial charge on any atom is 0.128 e. The first-order valence-electron chi connectivity index (χ1n) is 2.83. The predicted octanol–water partition coefficient (Wildman–Crippen LogP) is -0.321. The molecule has 48 valence electrons. The van der Waals surface area contributed by atoms with Gasteiger partial charge in [-0.1, -0.05) is 0 Å². The van der Waals surface area contributed by atoms with Crippen molar-refractivity contribution in [2.75, 3.05) is 13.1 Å². The fourth-order valence-corrected chi connectivity index (χ4v) is 0.810. The van der Waals surface area contributed by atoms with Crippen LogP contribution < -0.4 is 5.32 Å². The average Bonchev–Trinajstić information content (AvgIpc) is 1.77. The van der Waals surface area contributed by atoms with Gasteiger partial charge in [-0.3, -0.25) is 0 Å². The van der Waals surface area contributed by atoms with E-state index in [0.717, 1.165) is 0 Å².